The molecule has 3 nitrogen and oxygen atoms in total. The van der Waals surface area contributed by atoms with Gasteiger partial charge in [-0.25, -0.2) is 8.78 Å². The van der Waals surface area contributed by atoms with Gasteiger partial charge in [0.15, 0.2) is 0 Å². The molecule has 0 spiro atoms. The molecule has 6 heteroatoms. The molecular weight excluding hydrogens is 251 g/mol. The number of hydrogen-bond acceptors (Lipinski definition) is 3. The standard InChI is InChI=1S/C13H18BF2NO2/c1-14(18)17-6-4-12(5-7-17)19-9-10-2-3-11(15)8-13(10)16/h2-3,8,12,18H,4-7,9H2,1H3. The second kappa shape index (κ2) is 6.46. The Morgan fingerprint density at radius 3 is 2.63 bits per heavy atom. The highest BCUT2D eigenvalue weighted by Crippen LogP contribution is 2.17. The molecule has 0 atom stereocenters. The van der Waals surface area contributed by atoms with Gasteiger partial charge in [-0.05, 0) is 38.8 Å². The molecule has 0 aliphatic carbocycles. The zero-order valence-electron chi connectivity index (χ0n) is 11.0. The van der Waals surface area contributed by atoms with Crippen molar-refractivity contribution in [1.29, 1.82) is 0 Å². The van der Waals surface area contributed by atoms with Crippen molar-refractivity contribution in [1.82, 2.24) is 4.81 Å². The van der Waals surface area contributed by atoms with Gasteiger partial charge in [-0.1, -0.05) is 6.07 Å². The van der Waals surface area contributed by atoms with Crippen LogP contribution in [0.25, 0.3) is 0 Å². The first-order chi connectivity index (χ1) is 9.06. The summed E-state index contributed by atoms with van der Waals surface area (Å²) in [4.78, 5) is 1.97. The molecule has 0 radical (unpaired) electrons. The van der Waals surface area contributed by atoms with Gasteiger partial charge in [-0.15, -0.1) is 0 Å². The molecule has 1 N–H and O–H groups in total. The zero-order valence-corrected chi connectivity index (χ0v) is 11.0. The van der Waals surface area contributed by atoms with Crippen LogP contribution >= 0.6 is 0 Å². The van der Waals surface area contributed by atoms with E-state index in [1.54, 1.807) is 6.82 Å². The molecule has 1 aliphatic rings. The second-order valence-electron chi connectivity index (χ2n) is 4.91. The van der Waals surface area contributed by atoms with E-state index in [2.05, 4.69) is 0 Å². The van der Waals surface area contributed by atoms with Crippen molar-refractivity contribution >= 4 is 7.05 Å². The minimum Gasteiger partial charge on any atom is -0.437 e. The predicted molar refractivity (Wildman–Crippen MR) is 69.6 cm³/mol. The maximum absolute atomic E-state index is 13.4. The van der Waals surface area contributed by atoms with Gasteiger partial charge in [0.2, 0.25) is 0 Å². The van der Waals surface area contributed by atoms with Crippen molar-refractivity contribution in [3.05, 3.63) is 35.4 Å². The van der Waals surface area contributed by atoms with Gasteiger partial charge >= 0.3 is 7.05 Å². The lowest BCUT2D eigenvalue weighted by atomic mass is 9.82. The SMILES string of the molecule is CB(O)N1CCC(OCc2ccc(F)cc2F)CC1. The van der Waals surface area contributed by atoms with Crippen molar-refractivity contribution in [2.45, 2.75) is 32.4 Å². The van der Waals surface area contributed by atoms with Crippen LogP contribution in [0.4, 0.5) is 8.78 Å². The van der Waals surface area contributed by atoms with E-state index in [-0.39, 0.29) is 12.7 Å². The summed E-state index contributed by atoms with van der Waals surface area (Å²) in [5.41, 5.74) is 0.374. The molecule has 104 valence electrons. The number of piperidine rings is 1. The first-order valence-electron chi connectivity index (χ1n) is 6.54. The summed E-state index contributed by atoms with van der Waals surface area (Å²) < 4.78 is 31.8. The quantitative estimate of drug-likeness (QED) is 0.849. The average molecular weight is 269 g/mol. The Morgan fingerprint density at radius 1 is 1.37 bits per heavy atom. The van der Waals surface area contributed by atoms with Crippen LogP contribution in [0.3, 0.4) is 0 Å². The third-order valence-corrected chi connectivity index (χ3v) is 3.49. The summed E-state index contributed by atoms with van der Waals surface area (Å²) >= 11 is 0. The van der Waals surface area contributed by atoms with E-state index >= 15 is 0 Å². The van der Waals surface area contributed by atoms with Gasteiger partial charge in [0, 0.05) is 11.6 Å². The Hall–Kier alpha value is -0.975. The number of benzene rings is 1. The number of nitrogens with zero attached hydrogens (tertiary/aromatic N) is 1. The fourth-order valence-electron chi connectivity index (χ4n) is 2.26. The maximum Gasteiger partial charge on any atom is 0.376 e. The van der Waals surface area contributed by atoms with Gasteiger partial charge in [0.25, 0.3) is 0 Å². The minimum absolute atomic E-state index is 0.0689. The summed E-state index contributed by atoms with van der Waals surface area (Å²) in [6.07, 6.45) is 1.70. The maximum atomic E-state index is 13.4. The summed E-state index contributed by atoms with van der Waals surface area (Å²) in [6, 6.07) is 3.52. The molecule has 2 rings (SSSR count). The van der Waals surface area contributed by atoms with Gasteiger partial charge in [-0.3, -0.25) is 0 Å². The molecule has 1 saturated heterocycles. The number of rotatable bonds is 4. The first-order valence-corrected chi connectivity index (χ1v) is 6.54. The fraction of sp³-hybridized carbons (Fsp3) is 0.538. The molecule has 0 saturated carbocycles. The van der Waals surface area contributed by atoms with Gasteiger partial charge in [-0.2, -0.15) is 0 Å². The average Bonchev–Trinajstić information content (AvgIpc) is 2.38. The van der Waals surface area contributed by atoms with Crippen LogP contribution < -0.4 is 0 Å². The molecule has 19 heavy (non-hydrogen) atoms. The molecule has 1 aliphatic heterocycles. The predicted octanol–water partition coefficient (Wildman–Crippen LogP) is 2.06. The molecule has 0 bridgehead atoms. The van der Waals surface area contributed by atoms with E-state index < -0.39 is 18.7 Å². The van der Waals surface area contributed by atoms with E-state index in [9.17, 15) is 13.8 Å². The fourth-order valence-corrected chi connectivity index (χ4v) is 2.26. The highest BCUT2D eigenvalue weighted by molar-refractivity contribution is 6.45. The molecule has 0 unspecified atom stereocenters. The molecule has 1 aromatic rings. The van der Waals surface area contributed by atoms with E-state index in [0.717, 1.165) is 32.0 Å². The van der Waals surface area contributed by atoms with Crippen molar-refractivity contribution in [2.24, 2.45) is 0 Å². The van der Waals surface area contributed by atoms with Crippen molar-refractivity contribution in [2.75, 3.05) is 13.1 Å². The Morgan fingerprint density at radius 2 is 2.05 bits per heavy atom. The van der Waals surface area contributed by atoms with Crippen LogP contribution in [0, 0.1) is 11.6 Å². The van der Waals surface area contributed by atoms with Crippen LogP contribution in [0.2, 0.25) is 6.82 Å². The normalized spacial score (nSPS) is 17.7. The molecule has 1 heterocycles. The molecular formula is C13H18BF2NO2. The lowest BCUT2D eigenvalue weighted by Crippen LogP contribution is -2.44. The van der Waals surface area contributed by atoms with E-state index in [1.165, 1.54) is 12.1 Å². The number of ether oxygens (including phenoxy) is 1. The minimum atomic E-state index is -0.577. The molecule has 0 aromatic heterocycles. The van der Waals surface area contributed by atoms with E-state index in [1.807, 2.05) is 4.81 Å². The molecule has 0 amide bonds. The zero-order chi connectivity index (χ0) is 13.8. The Kier molecular flexibility index (Phi) is 4.90. The smallest absolute Gasteiger partial charge is 0.376 e. The number of halogens is 2. The van der Waals surface area contributed by atoms with E-state index in [4.69, 9.17) is 4.74 Å². The Labute approximate surface area is 112 Å². The van der Waals surface area contributed by atoms with Crippen LogP contribution in [0.5, 0.6) is 0 Å². The van der Waals surface area contributed by atoms with Crippen molar-refractivity contribution in [3.63, 3.8) is 0 Å². The lowest BCUT2D eigenvalue weighted by Gasteiger charge is -2.32. The van der Waals surface area contributed by atoms with Gasteiger partial charge in [0.05, 0.1) is 12.7 Å². The van der Waals surface area contributed by atoms with Crippen LogP contribution in [0.15, 0.2) is 18.2 Å². The monoisotopic (exact) mass is 269 g/mol. The van der Waals surface area contributed by atoms with Gasteiger partial charge < -0.3 is 14.6 Å². The van der Waals surface area contributed by atoms with Gasteiger partial charge in [0.1, 0.15) is 11.6 Å². The largest absolute Gasteiger partial charge is 0.437 e. The van der Waals surface area contributed by atoms with Crippen LogP contribution in [0.1, 0.15) is 18.4 Å². The highest BCUT2D eigenvalue weighted by atomic mass is 19.1. The lowest BCUT2D eigenvalue weighted by molar-refractivity contribution is 0.00671. The van der Waals surface area contributed by atoms with Crippen LogP contribution in [-0.2, 0) is 11.3 Å². The molecule has 1 fully saturated rings. The van der Waals surface area contributed by atoms with E-state index in [0.29, 0.717) is 5.56 Å². The van der Waals surface area contributed by atoms with Crippen molar-refractivity contribution < 1.29 is 18.5 Å². The third-order valence-electron chi connectivity index (χ3n) is 3.49. The third kappa shape index (κ3) is 3.99. The van der Waals surface area contributed by atoms with Crippen LogP contribution in [-0.4, -0.2) is 36.1 Å². The summed E-state index contributed by atoms with van der Waals surface area (Å²) in [6.45, 7) is 3.45. The Balaban J connectivity index is 1.80. The summed E-state index contributed by atoms with van der Waals surface area (Å²) in [5.74, 6) is -1.15. The van der Waals surface area contributed by atoms with Crippen molar-refractivity contribution in [3.8, 4) is 0 Å². The summed E-state index contributed by atoms with van der Waals surface area (Å²) in [5, 5.41) is 9.43. The molecule has 1 aromatic carbocycles. The first kappa shape index (κ1) is 14.4. The Bertz CT molecular complexity index is 423. The summed E-state index contributed by atoms with van der Waals surface area (Å²) in [7, 11) is -0.435. The topological polar surface area (TPSA) is 32.7 Å². The number of hydrogen-bond donors (Lipinski definition) is 1. The highest BCUT2D eigenvalue weighted by Gasteiger charge is 2.24. The second-order valence-corrected chi connectivity index (χ2v) is 4.91.